The predicted octanol–water partition coefficient (Wildman–Crippen LogP) is 6.31. The van der Waals surface area contributed by atoms with Gasteiger partial charge in [-0.15, -0.1) is 0 Å². The lowest BCUT2D eigenvalue weighted by molar-refractivity contribution is 0.175. The Morgan fingerprint density at radius 2 is 1.61 bits per heavy atom. The van der Waals surface area contributed by atoms with Crippen LogP contribution in [-0.4, -0.2) is 92.6 Å². The summed E-state index contributed by atoms with van der Waals surface area (Å²) in [6.45, 7) is 11.7. The molecule has 5 rings (SSSR count). The van der Waals surface area contributed by atoms with Crippen LogP contribution in [0.2, 0.25) is 0 Å². The predicted molar refractivity (Wildman–Crippen MR) is 201 cm³/mol. The highest BCUT2D eigenvalue weighted by Crippen LogP contribution is 2.48. The van der Waals surface area contributed by atoms with Gasteiger partial charge in [0.1, 0.15) is 11.6 Å². The van der Waals surface area contributed by atoms with Gasteiger partial charge in [0, 0.05) is 44.8 Å². The highest BCUT2D eigenvalue weighted by atomic mass is 31.2. The smallest absolute Gasteiger partial charge is 0.331 e. The van der Waals surface area contributed by atoms with Crippen LogP contribution in [0.1, 0.15) is 89.7 Å². The van der Waals surface area contributed by atoms with Crippen LogP contribution < -0.4 is 26.6 Å². The molecule has 1 saturated heterocycles. The summed E-state index contributed by atoms with van der Waals surface area (Å²) in [5.41, 5.74) is 7.55. The van der Waals surface area contributed by atoms with Gasteiger partial charge in [-0.3, -0.25) is 9.46 Å². The van der Waals surface area contributed by atoms with Gasteiger partial charge in [-0.2, -0.15) is 9.97 Å². The van der Waals surface area contributed by atoms with Gasteiger partial charge in [-0.1, -0.05) is 49.6 Å². The van der Waals surface area contributed by atoms with E-state index in [0.29, 0.717) is 43.6 Å². The summed E-state index contributed by atoms with van der Waals surface area (Å²) in [5.74, 6) is 3.32. The minimum Gasteiger partial charge on any atom is -0.383 e. The van der Waals surface area contributed by atoms with Gasteiger partial charge in [0.15, 0.2) is 0 Å². The lowest BCUT2D eigenvalue weighted by Crippen LogP contribution is -2.49. The zero-order chi connectivity index (χ0) is 34.3. The van der Waals surface area contributed by atoms with Crippen molar-refractivity contribution in [2.24, 2.45) is 11.8 Å². The molecule has 1 unspecified atom stereocenters. The number of nitrogens with zero attached hydrogens (tertiary/aromatic N) is 4. The molecule has 49 heavy (non-hydrogen) atoms. The fourth-order valence-corrected chi connectivity index (χ4v) is 9.42. The number of anilines is 3. The van der Waals surface area contributed by atoms with E-state index in [0.717, 1.165) is 63.6 Å². The standard InChI is InChI=1S/C37H63N8O3P/c1-3-47-49(46,48-4-2)25-24-44-22-23-45(29-34(44)32-12-7-5-8-13-32)36-26-35(38)42-37(43-36)41-28-31-18-16-30(17-19-31)27-39-20-11-21-40-33-14-9-6-10-15-33/h5,7-8,12-13,26,30-31,33-34,39-40H,3-4,6,9-11,14-25,27-29H2,1-2H3,(H3,38,41,42,43)/t30-,31-,34?. The van der Waals surface area contributed by atoms with Crippen molar-refractivity contribution in [3.63, 3.8) is 0 Å². The molecule has 12 heteroatoms. The Kier molecular flexibility index (Phi) is 15.5. The molecule has 0 radical (unpaired) electrons. The van der Waals surface area contributed by atoms with E-state index in [2.05, 4.69) is 55.0 Å². The highest BCUT2D eigenvalue weighted by Gasteiger charge is 2.32. The molecular weight excluding hydrogens is 635 g/mol. The van der Waals surface area contributed by atoms with E-state index in [1.54, 1.807) is 0 Å². The van der Waals surface area contributed by atoms with E-state index >= 15 is 0 Å². The van der Waals surface area contributed by atoms with Crippen molar-refractivity contribution in [1.29, 1.82) is 0 Å². The molecule has 1 atom stereocenters. The molecule has 0 amide bonds. The molecule has 0 spiro atoms. The van der Waals surface area contributed by atoms with Crippen LogP contribution in [0.5, 0.6) is 0 Å². The van der Waals surface area contributed by atoms with Gasteiger partial charge < -0.3 is 35.6 Å². The summed E-state index contributed by atoms with van der Waals surface area (Å²) in [6.07, 6.45) is 13.5. The maximum absolute atomic E-state index is 13.2. The van der Waals surface area contributed by atoms with E-state index in [1.807, 2.05) is 26.0 Å². The number of piperazine rings is 1. The van der Waals surface area contributed by atoms with Gasteiger partial charge in [0.25, 0.3) is 0 Å². The summed E-state index contributed by atoms with van der Waals surface area (Å²) in [6, 6.07) is 13.2. The van der Waals surface area contributed by atoms with Gasteiger partial charge in [-0.05, 0) is 95.8 Å². The summed E-state index contributed by atoms with van der Waals surface area (Å²) < 4.78 is 24.4. The van der Waals surface area contributed by atoms with Crippen molar-refractivity contribution >= 4 is 25.2 Å². The monoisotopic (exact) mass is 698 g/mol. The van der Waals surface area contributed by atoms with Gasteiger partial charge in [-0.25, -0.2) is 0 Å². The zero-order valence-electron chi connectivity index (χ0n) is 30.2. The Balaban J connectivity index is 1.07. The Morgan fingerprint density at radius 3 is 2.33 bits per heavy atom. The lowest BCUT2D eigenvalue weighted by atomic mass is 9.82. The molecule has 1 aliphatic heterocycles. The van der Waals surface area contributed by atoms with Crippen LogP contribution in [-0.2, 0) is 13.6 Å². The van der Waals surface area contributed by atoms with Gasteiger partial charge in [0.2, 0.25) is 5.95 Å². The van der Waals surface area contributed by atoms with E-state index in [9.17, 15) is 4.57 Å². The molecule has 2 saturated carbocycles. The van der Waals surface area contributed by atoms with Crippen molar-refractivity contribution in [3.8, 4) is 0 Å². The van der Waals surface area contributed by atoms with Crippen LogP contribution >= 0.6 is 7.60 Å². The van der Waals surface area contributed by atoms with E-state index in [1.165, 1.54) is 69.8 Å². The number of rotatable bonds is 19. The maximum Gasteiger partial charge on any atom is 0.331 e. The van der Waals surface area contributed by atoms with Crippen LogP contribution in [0.3, 0.4) is 0 Å². The molecule has 2 aromatic rings. The summed E-state index contributed by atoms with van der Waals surface area (Å²) in [7, 11) is -3.13. The first kappa shape index (κ1) is 38.0. The molecule has 0 bridgehead atoms. The van der Waals surface area contributed by atoms with Gasteiger partial charge >= 0.3 is 7.60 Å². The largest absolute Gasteiger partial charge is 0.383 e. The minimum atomic E-state index is -3.13. The second kappa shape index (κ2) is 19.9. The van der Waals surface area contributed by atoms with Crippen molar-refractivity contribution in [2.45, 2.75) is 90.1 Å². The number of aromatic nitrogens is 2. The number of nitrogens with one attached hydrogen (secondary N) is 3. The third kappa shape index (κ3) is 12.2. The molecule has 1 aromatic heterocycles. The third-order valence-electron chi connectivity index (χ3n) is 10.6. The summed E-state index contributed by atoms with van der Waals surface area (Å²) >= 11 is 0. The molecule has 274 valence electrons. The van der Waals surface area contributed by atoms with Crippen molar-refractivity contribution < 1.29 is 13.6 Å². The summed E-state index contributed by atoms with van der Waals surface area (Å²) in [4.78, 5) is 14.2. The van der Waals surface area contributed by atoms with E-state index in [-0.39, 0.29) is 6.04 Å². The molecule has 5 N–H and O–H groups in total. The average molecular weight is 699 g/mol. The number of benzene rings is 1. The van der Waals surface area contributed by atoms with Crippen molar-refractivity contribution in [2.75, 3.05) is 87.7 Å². The highest BCUT2D eigenvalue weighted by molar-refractivity contribution is 7.53. The lowest BCUT2D eigenvalue weighted by Gasteiger charge is -2.42. The third-order valence-corrected chi connectivity index (χ3v) is 12.6. The Morgan fingerprint density at radius 1 is 0.898 bits per heavy atom. The number of nitrogens with two attached hydrogens (primary N) is 1. The average Bonchev–Trinajstić information content (AvgIpc) is 3.12. The molecule has 2 heterocycles. The SMILES string of the molecule is CCOP(=O)(CCN1CCN(c2cc(N)nc(NC[C@H]3CC[C@H](CNCCCNC4CCCCC4)CC3)n2)CC1c1ccccc1)OCC. The molecule has 3 aliphatic rings. The van der Waals surface area contributed by atoms with Crippen molar-refractivity contribution in [1.82, 2.24) is 25.5 Å². The Bertz CT molecular complexity index is 1270. The molecule has 2 aliphatic carbocycles. The number of nitrogen functional groups attached to an aromatic ring is 1. The zero-order valence-corrected chi connectivity index (χ0v) is 31.1. The van der Waals surface area contributed by atoms with Crippen LogP contribution in [0.4, 0.5) is 17.6 Å². The number of hydrogen-bond acceptors (Lipinski definition) is 11. The Labute approximate surface area is 295 Å². The molecular formula is C37H63N8O3P. The molecule has 1 aromatic carbocycles. The topological polar surface area (TPSA) is 130 Å². The minimum absolute atomic E-state index is 0.0992. The maximum atomic E-state index is 13.2. The normalized spacial score (nSPS) is 22.7. The van der Waals surface area contributed by atoms with Crippen LogP contribution in [0, 0.1) is 11.8 Å². The van der Waals surface area contributed by atoms with Crippen molar-refractivity contribution in [3.05, 3.63) is 42.0 Å². The summed E-state index contributed by atoms with van der Waals surface area (Å²) in [5, 5.41) is 11.0. The quantitative estimate of drug-likeness (QED) is 0.0974. The second-order valence-corrected chi connectivity index (χ2v) is 16.4. The fraction of sp³-hybridized carbons (Fsp3) is 0.730. The van der Waals surface area contributed by atoms with E-state index in [4.69, 9.17) is 19.8 Å². The van der Waals surface area contributed by atoms with Gasteiger partial charge in [0.05, 0.1) is 25.4 Å². The fourth-order valence-electron chi connectivity index (χ4n) is 7.80. The Hall–Kier alpha value is -2.27. The number of hydrogen-bond donors (Lipinski definition) is 4. The molecule has 11 nitrogen and oxygen atoms in total. The van der Waals surface area contributed by atoms with Crippen LogP contribution in [0.25, 0.3) is 0 Å². The molecule has 3 fully saturated rings. The van der Waals surface area contributed by atoms with E-state index < -0.39 is 7.60 Å². The first-order valence-electron chi connectivity index (χ1n) is 19.2. The first-order chi connectivity index (χ1) is 23.9. The second-order valence-electron chi connectivity index (χ2n) is 14.2. The first-order valence-corrected chi connectivity index (χ1v) is 20.9. The van der Waals surface area contributed by atoms with Crippen LogP contribution in [0.15, 0.2) is 36.4 Å².